The lowest BCUT2D eigenvalue weighted by Crippen LogP contribution is -1.90. The molecule has 0 saturated carbocycles. The highest BCUT2D eigenvalue weighted by molar-refractivity contribution is 6.15. The van der Waals surface area contributed by atoms with Gasteiger partial charge in [-0.15, -0.1) is 0 Å². The molecule has 29 aromatic rings. The van der Waals surface area contributed by atoms with Crippen LogP contribution >= 0.6 is 0 Å². The minimum absolute atomic E-state index is 0.918. The van der Waals surface area contributed by atoms with Gasteiger partial charge in [0.1, 0.15) is 0 Å². The molecular weight excluding hydrogens is 1750 g/mol. The van der Waals surface area contributed by atoms with Crippen LogP contribution in [0.4, 0.5) is 0 Å². The predicted octanol–water partition coefficient (Wildman–Crippen LogP) is 34.0. The number of nitrogens with zero attached hydrogens (tertiary/aromatic N) is 11. The zero-order valence-electron chi connectivity index (χ0n) is 77.7. The third kappa shape index (κ3) is 15.7. The SMILES string of the molecule is c1cc(-c2ccc3ccc(-c4ccc5ccc(-c6cccc7ncccc67)cc5c4)cc3c2)cc(-c2ccc3ccc4cccnc4c3n2)c1.c1ccc2c(c1)cc(-c1ccc3ccc(-c4ccc5ccc(-c6cccc7ncccc67)nc5c4)cc3n1)c1ccccc12.c1cnc2c(c1)ccc1ccc(-c3ccc(-c4ccc5ccc(-c6ccc7ccc(-c8ccnc9ccccc89)nc7c6)cc5n4)cc3)nc12. The molecule has 0 aliphatic carbocycles. The molecule has 0 amide bonds. The zero-order valence-corrected chi connectivity index (χ0v) is 77.7. The van der Waals surface area contributed by atoms with E-state index >= 15 is 0 Å². The van der Waals surface area contributed by atoms with E-state index in [2.05, 4.69) is 425 Å². The fraction of sp³-hybridized carbons (Fsp3) is 0. The molecule has 0 radical (unpaired) electrons. The van der Waals surface area contributed by atoms with Crippen LogP contribution in [-0.2, 0) is 0 Å². The average molecular weight is 1830 g/mol. The lowest BCUT2D eigenvalue weighted by Gasteiger charge is -2.12. The van der Waals surface area contributed by atoms with Crippen molar-refractivity contribution in [1.29, 1.82) is 0 Å². The van der Waals surface area contributed by atoms with Crippen molar-refractivity contribution in [3.63, 3.8) is 0 Å². The van der Waals surface area contributed by atoms with Crippen molar-refractivity contribution >= 4 is 163 Å². The molecule has 144 heavy (non-hydrogen) atoms. The van der Waals surface area contributed by atoms with Crippen LogP contribution in [0.25, 0.3) is 286 Å². The van der Waals surface area contributed by atoms with Crippen molar-refractivity contribution in [1.82, 2.24) is 54.8 Å². The molecule has 0 fully saturated rings. The lowest BCUT2D eigenvalue weighted by atomic mass is 9.94. The maximum atomic E-state index is 5.21. The maximum Gasteiger partial charge on any atom is 0.0972 e. The Morgan fingerprint density at radius 2 is 0.417 bits per heavy atom. The van der Waals surface area contributed by atoms with Crippen LogP contribution in [0.1, 0.15) is 0 Å². The van der Waals surface area contributed by atoms with Gasteiger partial charge in [-0.1, -0.05) is 315 Å². The van der Waals surface area contributed by atoms with Crippen LogP contribution < -0.4 is 0 Å². The van der Waals surface area contributed by atoms with Crippen molar-refractivity contribution in [2.75, 3.05) is 0 Å². The molecule has 0 saturated heterocycles. The van der Waals surface area contributed by atoms with Gasteiger partial charge in [-0.25, -0.2) is 29.9 Å². The number of para-hydroxylation sites is 1. The molecule has 11 heteroatoms. The minimum Gasteiger partial charge on any atom is -0.256 e. The summed E-state index contributed by atoms with van der Waals surface area (Å²) in [6.07, 6.45) is 9.20. The number of fused-ring (bicyclic) bond motifs is 18. The molecule has 668 valence electrons. The largest absolute Gasteiger partial charge is 0.256 e. The third-order valence-corrected chi connectivity index (χ3v) is 28.1. The topological polar surface area (TPSA) is 142 Å². The number of aromatic nitrogens is 11. The minimum atomic E-state index is 0.918. The average Bonchev–Trinajstić information content (AvgIpc) is 0.758. The first-order chi connectivity index (χ1) is 71.2. The van der Waals surface area contributed by atoms with Crippen molar-refractivity contribution in [2.24, 2.45) is 0 Å². The summed E-state index contributed by atoms with van der Waals surface area (Å²) in [6.45, 7) is 0. The first-order valence-electron chi connectivity index (χ1n) is 48.4. The summed E-state index contributed by atoms with van der Waals surface area (Å²) < 4.78 is 0. The number of hydrogen-bond acceptors (Lipinski definition) is 11. The molecule has 18 aromatic carbocycles. The van der Waals surface area contributed by atoms with Crippen LogP contribution in [0.2, 0.25) is 0 Å². The maximum absolute atomic E-state index is 5.21. The highest BCUT2D eigenvalue weighted by Gasteiger charge is 2.19. The lowest BCUT2D eigenvalue weighted by molar-refractivity contribution is 1.36. The molecule has 0 aliphatic rings. The van der Waals surface area contributed by atoms with Gasteiger partial charge in [0.15, 0.2) is 0 Å². The normalized spacial score (nSPS) is 11.6. The molecule has 0 unspecified atom stereocenters. The van der Waals surface area contributed by atoms with E-state index in [1.165, 1.54) is 76.3 Å². The molecule has 0 aliphatic heterocycles. The van der Waals surface area contributed by atoms with Gasteiger partial charge in [-0.05, 0) is 244 Å². The van der Waals surface area contributed by atoms with Gasteiger partial charge >= 0.3 is 0 Å². The second kappa shape index (κ2) is 35.5. The van der Waals surface area contributed by atoms with Gasteiger partial charge in [0.05, 0.1) is 94.8 Å². The summed E-state index contributed by atoms with van der Waals surface area (Å²) in [7, 11) is 0. The Morgan fingerprint density at radius 1 is 0.111 bits per heavy atom. The summed E-state index contributed by atoms with van der Waals surface area (Å²) in [4.78, 5) is 53.5. The van der Waals surface area contributed by atoms with E-state index < -0.39 is 0 Å². The van der Waals surface area contributed by atoms with Gasteiger partial charge in [-0.3, -0.25) is 24.9 Å². The highest BCUT2D eigenvalue weighted by atomic mass is 14.8. The summed E-state index contributed by atoms with van der Waals surface area (Å²) in [5.74, 6) is 0. The molecule has 0 bridgehead atoms. The van der Waals surface area contributed by atoms with Gasteiger partial charge < -0.3 is 0 Å². The Bertz CT molecular complexity index is 10300. The van der Waals surface area contributed by atoms with E-state index in [1.54, 1.807) is 0 Å². The van der Waals surface area contributed by atoms with E-state index in [1.807, 2.05) is 91.6 Å². The Labute approximate surface area is 827 Å². The molecule has 11 nitrogen and oxygen atoms in total. The predicted molar refractivity (Wildman–Crippen MR) is 597 cm³/mol. The monoisotopic (exact) mass is 1830 g/mol. The Hall–Kier alpha value is -19.5. The van der Waals surface area contributed by atoms with Crippen LogP contribution in [0.3, 0.4) is 0 Å². The van der Waals surface area contributed by atoms with Crippen molar-refractivity contribution in [3.8, 4) is 123 Å². The van der Waals surface area contributed by atoms with E-state index in [0.29, 0.717) is 0 Å². The zero-order chi connectivity index (χ0) is 95.1. The summed E-state index contributed by atoms with van der Waals surface area (Å²) in [5.41, 5.74) is 34.2. The van der Waals surface area contributed by atoms with Crippen LogP contribution in [-0.4, -0.2) is 54.8 Å². The number of benzene rings is 18. The highest BCUT2D eigenvalue weighted by Crippen LogP contribution is 2.42. The second-order valence-electron chi connectivity index (χ2n) is 36.8. The standard InChI is InChI=1S/C47H29N3.C45H27N5.C41H25N3/c1-5-34(25-39(6-1)44-22-21-33-16-15-32-7-3-24-49-46(32)47(33)50-44)35-17-11-30-12-18-36(27-40(30)26-35)37-19-13-31-14-20-38(29-41(31)28-37)42-8-2-10-45-43(42)9-4-23-48-45;1-2-6-40-36(5-1)37(23-25-46-40)41-22-18-31-12-16-35(27-43(31)49-41)34-15-11-30-17-20-38(48-42(30)26-34)28-7-9-29(10-8-28)39-21-19-33-14-13-32-4-3-24-47-44(32)45(33)50-39;1-2-8-31-30(7-1)23-36(33-10-4-3-9-32(31)33)39-21-19-27-15-17-29(25-41(27)44-39)28-16-14-26-18-20-38(43-40(26)24-28)35-11-5-13-37-34(35)12-6-22-42-37/h1-29H;1-27H;1-25H. The third-order valence-electron chi connectivity index (χ3n) is 28.1. The first kappa shape index (κ1) is 83.8. The van der Waals surface area contributed by atoms with Crippen LogP contribution in [0.15, 0.2) is 492 Å². The molecular formula is C133H81N11. The van der Waals surface area contributed by atoms with Crippen LogP contribution in [0.5, 0.6) is 0 Å². The van der Waals surface area contributed by atoms with Gasteiger partial charge in [0.25, 0.3) is 0 Å². The van der Waals surface area contributed by atoms with E-state index in [9.17, 15) is 0 Å². The van der Waals surface area contributed by atoms with E-state index in [-0.39, 0.29) is 0 Å². The van der Waals surface area contributed by atoms with Gasteiger partial charge in [-0.2, -0.15) is 0 Å². The fourth-order valence-electron chi connectivity index (χ4n) is 20.7. The number of pyridine rings is 11. The van der Waals surface area contributed by atoms with Crippen LogP contribution in [0, 0.1) is 0 Å². The number of hydrogen-bond donors (Lipinski definition) is 0. The first-order valence-corrected chi connectivity index (χ1v) is 48.4. The van der Waals surface area contributed by atoms with Gasteiger partial charge in [0, 0.05) is 124 Å². The summed E-state index contributed by atoms with van der Waals surface area (Å²) >= 11 is 0. The van der Waals surface area contributed by atoms with E-state index in [4.69, 9.17) is 29.9 Å². The van der Waals surface area contributed by atoms with Crippen molar-refractivity contribution in [2.45, 2.75) is 0 Å². The van der Waals surface area contributed by atoms with Crippen molar-refractivity contribution < 1.29 is 0 Å². The van der Waals surface area contributed by atoms with E-state index in [0.717, 1.165) is 210 Å². The Morgan fingerprint density at radius 3 is 0.938 bits per heavy atom. The molecule has 0 spiro atoms. The molecule has 11 heterocycles. The molecule has 29 rings (SSSR count). The second-order valence-corrected chi connectivity index (χ2v) is 36.8. The van der Waals surface area contributed by atoms with Crippen molar-refractivity contribution in [3.05, 3.63) is 492 Å². The smallest absolute Gasteiger partial charge is 0.0972 e. The Kier molecular flexibility index (Phi) is 20.7. The molecule has 0 atom stereocenters. The Balaban J connectivity index is 0.000000108. The summed E-state index contributed by atoms with van der Waals surface area (Å²) in [6, 6.07) is 163. The van der Waals surface area contributed by atoms with Gasteiger partial charge in [0.2, 0.25) is 0 Å². The quantitative estimate of drug-likeness (QED) is 0.114. The molecule has 11 aromatic heterocycles. The molecule has 0 N–H and O–H groups in total. The summed E-state index contributed by atoms with van der Waals surface area (Å²) in [5, 5.41) is 22.0. The number of rotatable bonds is 11. The fourth-order valence-corrected chi connectivity index (χ4v) is 20.7.